The summed E-state index contributed by atoms with van der Waals surface area (Å²) in [7, 11) is 7.89. The van der Waals surface area contributed by atoms with Crippen molar-refractivity contribution in [3.63, 3.8) is 0 Å². The minimum Gasteiger partial charge on any atom is -0.378 e. The van der Waals surface area contributed by atoms with Crippen molar-refractivity contribution >= 4 is 28.8 Å². The maximum absolute atomic E-state index is 12.0. The van der Waals surface area contributed by atoms with Gasteiger partial charge in [-0.05, 0) is 42.5 Å². The van der Waals surface area contributed by atoms with Gasteiger partial charge in [0.1, 0.15) is 0 Å². The molecule has 2 rings (SSSR count). The molecule has 0 bridgehead atoms. The summed E-state index contributed by atoms with van der Waals surface area (Å²) in [6, 6.07) is 15.1. The molecular weight excluding hydrogens is 276 g/mol. The number of nitrogens with one attached hydrogen (secondary N) is 2. The number of hydrogen-bond acceptors (Lipinski definition) is 3. The van der Waals surface area contributed by atoms with Crippen LogP contribution in [0.2, 0.25) is 0 Å². The van der Waals surface area contributed by atoms with Gasteiger partial charge in [0.25, 0.3) is 0 Å². The monoisotopic (exact) mass is 298 g/mol. The second-order valence-corrected chi connectivity index (χ2v) is 5.47. The van der Waals surface area contributed by atoms with E-state index in [1.807, 2.05) is 86.5 Å². The van der Waals surface area contributed by atoms with Crippen LogP contribution in [-0.2, 0) is 0 Å². The van der Waals surface area contributed by atoms with Gasteiger partial charge in [0.15, 0.2) is 0 Å². The summed E-state index contributed by atoms with van der Waals surface area (Å²) >= 11 is 0. The zero-order chi connectivity index (χ0) is 16.1. The molecule has 0 aliphatic heterocycles. The van der Waals surface area contributed by atoms with Crippen LogP contribution < -0.4 is 20.4 Å². The lowest BCUT2D eigenvalue weighted by molar-refractivity contribution is 0.262. The Morgan fingerprint density at radius 2 is 1.36 bits per heavy atom. The molecule has 0 fully saturated rings. The number of carbonyl (C=O) groups is 1. The van der Waals surface area contributed by atoms with Crippen LogP contribution in [0.3, 0.4) is 0 Å². The predicted octanol–water partition coefficient (Wildman–Crippen LogP) is 3.46. The minimum atomic E-state index is -0.256. The molecule has 5 nitrogen and oxygen atoms in total. The van der Waals surface area contributed by atoms with Gasteiger partial charge in [0, 0.05) is 50.9 Å². The molecule has 2 aromatic rings. The topological polar surface area (TPSA) is 47.6 Å². The van der Waals surface area contributed by atoms with Gasteiger partial charge in [0.05, 0.1) is 0 Å². The van der Waals surface area contributed by atoms with E-state index in [4.69, 9.17) is 0 Å². The molecule has 0 unspecified atom stereocenters. The van der Waals surface area contributed by atoms with E-state index in [9.17, 15) is 4.79 Å². The summed E-state index contributed by atoms with van der Waals surface area (Å²) in [5.74, 6) is 0. The Morgan fingerprint density at radius 1 is 0.773 bits per heavy atom. The first-order valence-corrected chi connectivity index (χ1v) is 7.08. The Bertz CT molecular complexity index is 635. The fourth-order valence-corrected chi connectivity index (χ4v) is 2.00. The molecule has 0 aliphatic carbocycles. The number of benzene rings is 2. The van der Waals surface area contributed by atoms with Gasteiger partial charge in [-0.25, -0.2) is 4.79 Å². The first kappa shape index (κ1) is 15.7. The first-order valence-electron chi connectivity index (χ1n) is 7.08. The van der Waals surface area contributed by atoms with E-state index < -0.39 is 0 Å². The third-order valence-electron chi connectivity index (χ3n) is 3.26. The van der Waals surface area contributed by atoms with Gasteiger partial charge in [0.2, 0.25) is 0 Å². The van der Waals surface area contributed by atoms with E-state index in [-0.39, 0.29) is 6.03 Å². The van der Waals surface area contributed by atoms with Crippen molar-refractivity contribution in [3.05, 3.63) is 48.5 Å². The zero-order valence-corrected chi connectivity index (χ0v) is 13.4. The highest BCUT2D eigenvalue weighted by Crippen LogP contribution is 2.18. The second kappa shape index (κ2) is 6.85. The van der Waals surface area contributed by atoms with Gasteiger partial charge in [-0.15, -0.1) is 0 Å². The molecule has 22 heavy (non-hydrogen) atoms. The third kappa shape index (κ3) is 4.15. The van der Waals surface area contributed by atoms with Crippen molar-refractivity contribution in [3.8, 4) is 0 Å². The highest BCUT2D eigenvalue weighted by Gasteiger charge is 2.04. The summed E-state index contributed by atoms with van der Waals surface area (Å²) in [6.07, 6.45) is 0. The smallest absolute Gasteiger partial charge is 0.323 e. The lowest BCUT2D eigenvalue weighted by Crippen LogP contribution is -2.19. The zero-order valence-electron chi connectivity index (χ0n) is 13.4. The van der Waals surface area contributed by atoms with Crippen LogP contribution in [0.1, 0.15) is 0 Å². The fraction of sp³-hybridized carbons (Fsp3) is 0.235. The Morgan fingerprint density at radius 3 is 1.95 bits per heavy atom. The largest absolute Gasteiger partial charge is 0.378 e. The summed E-state index contributed by atoms with van der Waals surface area (Å²) in [5.41, 5.74) is 3.64. The normalized spacial score (nSPS) is 10.0. The lowest BCUT2D eigenvalue weighted by Gasteiger charge is -2.15. The first-order chi connectivity index (χ1) is 10.5. The number of amides is 2. The standard InChI is InChI=1S/C17H22N4O/c1-20(2)15-10-8-13(9-11-15)18-17(22)19-14-6-5-7-16(12-14)21(3)4/h5-12H,1-4H3,(H2,18,19,22). The molecule has 0 atom stereocenters. The average Bonchev–Trinajstić information content (AvgIpc) is 2.47. The summed E-state index contributed by atoms with van der Waals surface area (Å²) < 4.78 is 0. The molecule has 0 saturated carbocycles. The quantitative estimate of drug-likeness (QED) is 0.908. The fourth-order valence-electron chi connectivity index (χ4n) is 2.00. The lowest BCUT2D eigenvalue weighted by atomic mass is 10.2. The van der Waals surface area contributed by atoms with Crippen LogP contribution in [0.5, 0.6) is 0 Å². The van der Waals surface area contributed by atoms with Gasteiger partial charge >= 0.3 is 6.03 Å². The summed E-state index contributed by atoms with van der Waals surface area (Å²) in [6.45, 7) is 0. The second-order valence-electron chi connectivity index (χ2n) is 5.47. The number of carbonyl (C=O) groups excluding carboxylic acids is 1. The van der Waals surface area contributed by atoms with Gasteiger partial charge < -0.3 is 20.4 Å². The van der Waals surface area contributed by atoms with Crippen molar-refractivity contribution in [2.24, 2.45) is 0 Å². The van der Waals surface area contributed by atoms with Crippen molar-refractivity contribution in [2.45, 2.75) is 0 Å². The molecule has 0 heterocycles. The molecule has 0 aromatic heterocycles. The van der Waals surface area contributed by atoms with Crippen molar-refractivity contribution < 1.29 is 4.79 Å². The van der Waals surface area contributed by atoms with E-state index in [1.54, 1.807) is 0 Å². The molecule has 0 saturated heterocycles. The highest BCUT2D eigenvalue weighted by atomic mass is 16.2. The minimum absolute atomic E-state index is 0.256. The molecule has 0 aliphatic rings. The van der Waals surface area contributed by atoms with E-state index in [0.717, 1.165) is 22.7 Å². The van der Waals surface area contributed by atoms with Crippen molar-refractivity contribution in [1.29, 1.82) is 0 Å². The Kier molecular flexibility index (Phi) is 4.88. The number of urea groups is 1. The van der Waals surface area contributed by atoms with E-state index in [2.05, 4.69) is 10.6 Å². The Balaban J connectivity index is 1.99. The average molecular weight is 298 g/mol. The van der Waals surface area contributed by atoms with Gasteiger partial charge in [-0.1, -0.05) is 6.07 Å². The van der Waals surface area contributed by atoms with Crippen LogP contribution in [0.4, 0.5) is 27.5 Å². The van der Waals surface area contributed by atoms with E-state index in [0.29, 0.717) is 0 Å². The molecule has 5 heteroatoms. The summed E-state index contributed by atoms with van der Waals surface area (Å²) in [4.78, 5) is 16.0. The van der Waals surface area contributed by atoms with Crippen LogP contribution in [0.15, 0.2) is 48.5 Å². The van der Waals surface area contributed by atoms with Crippen LogP contribution >= 0.6 is 0 Å². The third-order valence-corrected chi connectivity index (χ3v) is 3.26. The number of rotatable bonds is 4. The maximum Gasteiger partial charge on any atom is 0.323 e. The Hall–Kier alpha value is -2.69. The summed E-state index contributed by atoms with van der Waals surface area (Å²) in [5, 5.41) is 5.66. The van der Waals surface area contributed by atoms with Crippen LogP contribution in [-0.4, -0.2) is 34.2 Å². The van der Waals surface area contributed by atoms with Crippen LogP contribution in [0, 0.1) is 0 Å². The van der Waals surface area contributed by atoms with Crippen molar-refractivity contribution in [1.82, 2.24) is 0 Å². The SMILES string of the molecule is CN(C)c1ccc(NC(=O)Nc2cccc(N(C)C)c2)cc1. The predicted molar refractivity (Wildman–Crippen MR) is 94.2 cm³/mol. The molecule has 2 aromatic carbocycles. The molecule has 0 spiro atoms. The molecule has 2 amide bonds. The molecule has 2 N–H and O–H groups in total. The van der Waals surface area contributed by atoms with Gasteiger partial charge in [-0.2, -0.15) is 0 Å². The van der Waals surface area contributed by atoms with E-state index in [1.165, 1.54) is 0 Å². The molecular formula is C17H22N4O. The number of hydrogen-bond donors (Lipinski definition) is 2. The van der Waals surface area contributed by atoms with Gasteiger partial charge in [-0.3, -0.25) is 0 Å². The maximum atomic E-state index is 12.0. The van der Waals surface area contributed by atoms with Crippen molar-refractivity contribution in [2.75, 3.05) is 48.6 Å². The van der Waals surface area contributed by atoms with E-state index >= 15 is 0 Å². The molecule has 0 radical (unpaired) electrons. The number of anilines is 4. The molecule has 116 valence electrons. The van der Waals surface area contributed by atoms with Crippen LogP contribution in [0.25, 0.3) is 0 Å². The highest BCUT2D eigenvalue weighted by molar-refractivity contribution is 6.00. The number of nitrogens with zero attached hydrogens (tertiary/aromatic N) is 2. The Labute approximate surface area is 131 Å².